The van der Waals surface area contributed by atoms with Crippen molar-refractivity contribution in [2.24, 2.45) is 10.7 Å². The van der Waals surface area contributed by atoms with Crippen molar-refractivity contribution in [2.75, 3.05) is 6.54 Å². The maximum Gasteiger partial charge on any atom is 0.153 e. The van der Waals surface area contributed by atoms with Crippen molar-refractivity contribution >= 4 is 12.0 Å². The summed E-state index contributed by atoms with van der Waals surface area (Å²) in [5, 5.41) is 0. The quantitative estimate of drug-likeness (QED) is 0.353. The van der Waals surface area contributed by atoms with Crippen LogP contribution in [0.5, 0.6) is 0 Å². The zero-order chi connectivity index (χ0) is 7.98. The van der Waals surface area contributed by atoms with Crippen LogP contribution in [-0.4, -0.2) is 18.5 Å². The van der Waals surface area contributed by atoms with E-state index in [-0.39, 0.29) is 0 Å². The summed E-state index contributed by atoms with van der Waals surface area (Å²) in [6, 6.07) is 0. The summed E-state index contributed by atoms with van der Waals surface area (Å²) < 4.78 is 0. The number of carbonyl (C=O) groups excluding carboxylic acids is 1. The van der Waals surface area contributed by atoms with Gasteiger partial charge in [-0.15, -0.1) is 0 Å². The first-order chi connectivity index (χ1) is 4.76. The lowest BCUT2D eigenvalue weighted by Gasteiger charge is -1.94. The average Bonchev–Trinajstić information content (AvgIpc) is 1.91. The molecule has 3 heteroatoms. The second kappa shape index (κ2) is 4.73. The van der Waals surface area contributed by atoms with Crippen LogP contribution in [0.2, 0.25) is 0 Å². The van der Waals surface area contributed by atoms with Crippen LogP contribution in [0.4, 0.5) is 0 Å². The van der Waals surface area contributed by atoms with Gasteiger partial charge in [-0.05, 0) is 13.8 Å². The summed E-state index contributed by atoms with van der Waals surface area (Å²) in [5.41, 5.74) is 6.29. The molecule has 0 saturated heterocycles. The van der Waals surface area contributed by atoms with E-state index in [2.05, 4.69) is 4.99 Å². The molecule has 0 atom stereocenters. The Morgan fingerprint density at radius 1 is 1.70 bits per heavy atom. The van der Waals surface area contributed by atoms with E-state index < -0.39 is 0 Å². The SMILES string of the molecule is CCN=C(C)/C(C=O)=C\N. The molecule has 3 nitrogen and oxygen atoms in total. The Bertz CT molecular complexity index is 170. The zero-order valence-electron chi connectivity index (χ0n) is 6.29. The highest BCUT2D eigenvalue weighted by Gasteiger charge is 1.95. The van der Waals surface area contributed by atoms with E-state index >= 15 is 0 Å². The first-order valence-electron chi connectivity index (χ1n) is 3.14. The Labute approximate surface area is 60.6 Å². The van der Waals surface area contributed by atoms with Gasteiger partial charge in [0.1, 0.15) is 0 Å². The van der Waals surface area contributed by atoms with Crippen LogP contribution in [0.25, 0.3) is 0 Å². The molecule has 0 aromatic heterocycles. The number of hydrogen-bond acceptors (Lipinski definition) is 3. The van der Waals surface area contributed by atoms with Crippen LogP contribution in [0.3, 0.4) is 0 Å². The molecule has 0 aliphatic carbocycles. The van der Waals surface area contributed by atoms with Crippen LogP contribution in [0, 0.1) is 0 Å². The van der Waals surface area contributed by atoms with Crippen LogP contribution < -0.4 is 5.73 Å². The van der Waals surface area contributed by atoms with Crippen molar-refractivity contribution in [3.63, 3.8) is 0 Å². The molecule has 0 radical (unpaired) electrons. The molecule has 0 amide bonds. The fraction of sp³-hybridized carbons (Fsp3) is 0.429. The van der Waals surface area contributed by atoms with Gasteiger partial charge in [-0.25, -0.2) is 0 Å². The number of nitrogens with two attached hydrogens (primary N) is 1. The number of aliphatic imine (C=N–C) groups is 1. The highest BCUT2D eigenvalue weighted by atomic mass is 16.1. The fourth-order valence-corrected chi connectivity index (χ4v) is 0.574. The summed E-state index contributed by atoms with van der Waals surface area (Å²) in [4.78, 5) is 14.2. The van der Waals surface area contributed by atoms with Gasteiger partial charge < -0.3 is 5.73 Å². The maximum absolute atomic E-state index is 10.2. The number of carbonyl (C=O) groups is 1. The largest absolute Gasteiger partial charge is 0.404 e. The molecule has 0 fully saturated rings. The lowest BCUT2D eigenvalue weighted by Crippen LogP contribution is -2.02. The summed E-state index contributed by atoms with van der Waals surface area (Å²) in [6.45, 7) is 4.34. The molecule has 0 aliphatic rings. The molecule has 0 aliphatic heterocycles. The van der Waals surface area contributed by atoms with E-state index in [9.17, 15) is 4.79 Å². The first-order valence-corrected chi connectivity index (χ1v) is 3.14. The standard InChI is InChI=1S/C7H12N2O/c1-3-9-6(2)7(4-8)5-10/h4-5H,3,8H2,1-2H3/b7-4-,9-6?. The van der Waals surface area contributed by atoms with Crippen LogP contribution >= 0.6 is 0 Å². The minimum Gasteiger partial charge on any atom is -0.404 e. The van der Waals surface area contributed by atoms with Gasteiger partial charge in [-0.3, -0.25) is 9.79 Å². The van der Waals surface area contributed by atoms with Gasteiger partial charge in [0.05, 0.1) is 5.57 Å². The Hall–Kier alpha value is -1.12. The normalized spacial score (nSPS) is 13.4. The first kappa shape index (κ1) is 8.88. The van der Waals surface area contributed by atoms with Crippen LogP contribution in [0.1, 0.15) is 13.8 Å². The number of nitrogens with zero attached hydrogens (tertiary/aromatic N) is 1. The van der Waals surface area contributed by atoms with Crippen molar-refractivity contribution < 1.29 is 4.79 Å². The molecule has 10 heavy (non-hydrogen) atoms. The van der Waals surface area contributed by atoms with E-state index in [0.29, 0.717) is 24.1 Å². The third-order valence-corrected chi connectivity index (χ3v) is 1.12. The molecule has 0 rings (SSSR count). The third kappa shape index (κ3) is 2.44. The molecule has 0 heterocycles. The summed E-state index contributed by atoms with van der Waals surface area (Å²) in [7, 11) is 0. The van der Waals surface area contributed by atoms with Gasteiger partial charge in [-0.1, -0.05) is 0 Å². The van der Waals surface area contributed by atoms with Crippen molar-refractivity contribution in [1.82, 2.24) is 0 Å². The molecular weight excluding hydrogens is 128 g/mol. The molecule has 0 aromatic rings. The number of rotatable bonds is 3. The predicted molar refractivity (Wildman–Crippen MR) is 42.0 cm³/mol. The molecule has 0 unspecified atom stereocenters. The van der Waals surface area contributed by atoms with Crippen molar-refractivity contribution in [2.45, 2.75) is 13.8 Å². The monoisotopic (exact) mass is 140 g/mol. The van der Waals surface area contributed by atoms with Gasteiger partial charge in [0.25, 0.3) is 0 Å². The Kier molecular flexibility index (Phi) is 4.20. The topological polar surface area (TPSA) is 55.5 Å². The highest BCUT2D eigenvalue weighted by molar-refractivity contribution is 6.13. The van der Waals surface area contributed by atoms with Gasteiger partial charge in [0, 0.05) is 18.5 Å². The molecule has 0 aromatic carbocycles. The molecule has 0 saturated carbocycles. The van der Waals surface area contributed by atoms with E-state index in [4.69, 9.17) is 5.73 Å². The number of allylic oxidation sites excluding steroid dienone is 1. The second-order valence-corrected chi connectivity index (χ2v) is 1.80. The van der Waals surface area contributed by atoms with Gasteiger partial charge in [0.2, 0.25) is 0 Å². The van der Waals surface area contributed by atoms with Gasteiger partial charge >= 0.3 is 0 Å². The van der Waals surface area contributed by atoms with Crippen LogP contribution in [0.15, 0.2) is 16.8 Å². The molecule has 0 bridgehead atoms. The Balaban J connectivity index is 4.30. The van der Waals surface area contributed by atoms with Crippen molar-refractivity contribution in [3.05, 3.63) is 11.8 Å². The molecular formula is C7H12N2O. The van der Waals surface area contributed by atoms with E-state index in [1.807, 2.05) is 6.92 Å². The predicted octanol–water partition coefficient (Wildman–Crippen LogP) is 0.509. The third-order valence-electron chi connectivity index (χ3n) is 1.12. The fourth-order valence-electron chi connectivity index (χ4n) is 0.574. The summed E-state index contributed by atoms with van der Waals surface area (Å²) in [6.07, 6.45) is 1.97. The zero-order valence-corrected chi connectivity index (χ0v) is 6.29. The lowest BCUT2D eigenvalue weighted by molar-refractivity contribution is -0.104. The van der Waals surface area contributed by atoms with E-state index in [0.717, 1.165) is 0 Å². The minimum atomic E-state index is 0.460. The molecule has 56 valence electrons. The average molecular weight is 140 g/mol. The van der Waals surface area contributed by atoms with Gasteiger partial charge in [0.15, 0.2) is 6.29 Å². The summed E-state index contributed by atoms with van der Waals surface area (Å²) >= 11 is 0. The Morgan fingerprint density at radius 2 is 2.30 bits per heavy atom. The summed E-state index contributed by atoms with van der Waals surface area (Å²) in [5.74, 6) is 0. The van der Waals surface area contributed by atoms with E-state index in [1.54, 1.807) is 6.92 Å². The highest BCUT2D eigenvalue weighted by Crippen LogP contribution is 1.91. The second-order valence-electron chi connectivity index (χ2n) is 1.80. The van der Waals surface area contributed by atoms with Gasteiger partial charge in [-0.2, -0.15) is 0 Å². The van der Waals surface area contributed by atoms with E-state index in [1.165, 1.54) is 6.20 Å². The lowest BCUT2D eigenvalue weighted by atomic mass is 10.2. The molecule has 2 N–H and O–H groups in total. The van der Waals surface area contributed by atoms with Crippen LogP contribution in [-0.2, 0) is 4.79 Å². The number of hydrogen-bond donors (Lipinski definition) is 1. The smallest absolute Gasteiger partial charge is 0.153 e. The van der Waals surface area contributed by atoms with Crippen molar-refractivity contribution in [3.8, 4) is 0 Å². The number of aldehydes is 1. The van der Waals surface area contributed by atoms with Crippen molar-refractivity contribution in [1.29, 1.82) is 0 Å². The Morgan fingerprint density at radius 3 is 2.60 bits per heavy atom. The molecule has 0 spiro atoms. The minimum absolute atomic E-state index is 0.460. The maximum atomic E-state index is 10.2.